The quantitative estimate of drug-likeness (QED) is 0.795. The number of hydrogen-bond donors (Lipinski definition) is 1. The first-order valence-electron chi connectivity index (χ1n) is 7.51. The summed E-state index contributed by atoms with van der Waals surface area (Å²) in [6.07, 6.45) is 6.44. The van der Waals surface area contributed by atoms with Gasteiger partial charge < -0.3 is 14.8 Å². The predicted molar refractivity (Wildman–Crippen MR) is 90.7 cm³/mol. The molecule has 0 aliphatic carbocycles. The maximum Gasteiger partial charge on any atom is 0.248 e. The van der Waals surface area contributed by atoms with Gasteiger partial charge in [-0.05, 0) is 49.8 Å². The molecule has 0 unspecified atom stereocenters. The van der Waals surface area contributed by atoms with Crippen LogP contribution in [0.4, 0.5) is 5.69 Å². The van der Waals surface area contributed by atoms with Crippen LogP contribution in [-0.2, 0) is 4.79 Å². The van der Waals surface area contributed by atoms with Gasteiger partial charge in [-0.1, -0.05) is 6.07 Å². The Balaban J connectivity index is 2.06. The van der Waals surface area contributed by atoms with Gasteiger partial charge in [0.25, 0.3) is 0 Å². The fourth-order valence-electron chi connectivity index (χ4n) is 1.96. The Hall–Kier alpha value is -2.82. The van der Waals surface area contributed by atoms with E-state index in [2.05, 4.69) is 10.3 Å². The number of rotatable bonds is 7. The van der Waals surface area contributed by atoms with Crippen LogP contribution in [0.25, 0.3) is 6.08 Å². The highest BCUT2D eigenvalue weighted by atomic mass is 16.5. The zero-order chi connectivity index (χ0) is 16.5. The molecule has 5 heteroatoms. The zero-order valence-corrected chi connectivity index (χ0v) is 13.3. The lowest BCUT2D eigenvalue weighted by Gasteiger charge is -2.11. The van der Waals surface area contributed by atoms with Crippen molar-refractivity contribution in [1.82, 2.24) is 4.98 Å². The summed E-state index contributed by atoms with van der Waals surface area (Å²) < 4.78 is 11.1. The SMILES string of the molecule is CCOc1ccc(/C=C/C(=O)Nc2cccnc2)cc1OCC. The second kappa shape index (κ2) is 8.58. The summed E-state index contributed by atoms with van der Waals surface area (Å²) in [5.41, 5.74) is 1.52. The molecule has 0 aliphatic heterocycles. The lowest BCUT2D eigenvalue weighted by Crippen LogP contribution is -2.07. The van der Waals surface area contributed by atoms with E-state index in [1.807, 2.05) is 32.0 Å². The monoisotopic (exact) mass is 312 g/mol. The standard InChI is InChI=1S/C18H20N2O3/c1-3-22-16-9-7-14(12-17(16)23-4-2)8-10-18(21)20-15-6-5-11-19-13-15/h5-13H,3-4H2,1-2H3,(H,20,21)/b10-8+. The van der Waals surface area contributed by atoms with E-state index in [0.717, 1.165) is 5.56 Å². The van der Waals surface area contributed by atoms with Crippen LogP contribution in [0.5, 0.6) is 11.5 Å². The Labute approximate surface area is 136 Å². The van der Waals surface area contributed by atoms with Crippen molar-refractivity contribution in [2.45, 2.75) is 13.8 Å². The summed E-state index contributed by atoms with van der Waals surface area (Å²) in [5.74, 6) is 1.15. The molecule has 0 fully saturated rings. The van der Waals surface area contributed by atoms with Crippen molar-refractivity contribution in [2.75, 3.05) is 18.5 Å². The average Bonchev–Trinajstić information content (AvgIpc) is 2.56. The van der Waals surface area contributed by atoms with Gasteiger partial charge in [0.1, 0.15) is 0 Å². The number of benzene rings is 1. The Morgan fingerprint density at radius 3 is 2.65 bits per heavy atom. The van der Waals surface area contributed by atoms with Gasteiger partial charge in [0.05, 0.1) is 25.1 Å². The number of anilines is 1. The van der Waals surface area contributed by atoms with E-state index in [4.69, 9.17) is 9.47 Å². The van der Waals surface area contributed by atoms with E-state index in [0.29, 0.717) is 30.4 Å². The van der Waals surface area contributed by atoms with Gasteiger partial charge in [-0.3, -0.25) is 9.78 Å². The molecule has 0 saturated carbocycles. The fraction of sp³-hybridized carbons (Fsp3) is 0.222. The molecule has 0 aliphatic rings. The van der Waals surface area contributed by atoms with Crippen LogP contribution in [0.2, 0.25) is 0 Å². The van der Waals surface area contributed by atoms with Crippen LogP contribution in [0, 0.1) is 0 Å². The van der Waals surface area contributed by atoms with Crippen molar-refractivity contribution in [2.24, 2.45) is 0 Å². The molecular weight excluding hydrogens is 292 g/mol. The van der Waals surface area contributed by atoms with Gasteiger partial charge >= 0.3 is 0 Å². The van der Waals surface area contributed by atoms with Gasteiger partial charge in [-0.15, -0.1) is 0 Å². The molecule has 0 bridgehead atoms. The molecule has 0 atom stereocenters. The average molecular weight is 312 g/mol. The molecule has 2 aromatic rings. The van der Waals surface area contributed by atoms with Crippen molar-refractivity contribution >= 4 is 17.7 Å². The summed E-state index contributed by atoms with van der Waals surface area (Å²) in [5, 5.41) is 2.74. The number of pyridine rings is 1. The minimum atomic E-state index is -0.218. The number of ether oxygens (including phenoxy) is 2. The summed E-state index contributed by atoms with van der Waals surface area (Å²) in [4.78, 5) is 15.8. The van der Waals surface area contributed by atoms with Gasteiger partial charge in [0.2, 0.25) is 5.91 Å². The van der Waals surface area contributed by atoms with E-state index in [1.165, 1.54) is 6.08 Å². The number of nitrogens with zero attached hydrogens (tertiary/aromatic N) is 1. The molecule has 1 aromatic heterocycles. The van der Waals surface area contributed by atoms with Crippen molar-refractivity contribution < 1.29 is 14.3 Å². The van der Waals surface area contributed by atoms with Crippen molar-refractivity contribution in [1.29, 1.82) is 0 Å². The largest absolute Gasteiger partial charge is 0.490 e. The number of carbonyl (C=O) groups is 1. The van der Waals surface area contributed by atoms with E-state index in [9.17, 15) is 4.79 Å². The number of hydrogen-bond acceptors (Lipinski definition) is 4. The van der Waals surface area contributed by atoms with Crippen LogP contribution in [0.1, 0.15) is 19.4 Å². The molecule has 2 rings (SSSR count). The normalized spacial score (nSPS) is 10.5. The highest BCUT2D eigenvalue weighted by Gasteiger charge is 2.05. The molecule has 1 N–H and O–H groups in total. The van der Waals surface area contributed by atoms with Crippen molar-refractivity contribution in [3.8, 4) is 11.5 Å². The predicted octanol–water partition coefficient (Wildman–Crippen LogP) is 3.53. The zero-order valence-electron chi connectivity index (χ0n) is 13.3. The third-order valence-electron chi connectivity index (χ3n) is 2.92. The molecular formula is C18H20N2O3. The fourth-order valence-corrected chi connectivity index (χ4v) is 1.96. The van der Waals surface area contributed by atoms with E-state index in [1.54, 1.807) is 30.6 Å². The van der Waals surface area contributed by atoms with Crippen LogP contribution >= 0.6 is 0 Å². The summed E-state index contributed by atoms with van der Waals surface area (Å²) >= 11 is 0. The van der Waals surface area contributed by atoms with Crippen LogP contribution in [0.3, 0.4) is 0 Å². The smallest absolute Gasteiger partial charge is 0.248 e. The molecule has 23 heavy (non-hydrogen) atoms. The highest BCUT2D eigenvalue weighted by Crippen LogP contribution is 2.29. The Morgan fingerprint density at radius 2 is 1.96 bits per heavy atom. The van der Waals surface area contributed by atoms with E-state index < -0.39 is 0 Å². The molecule has 120 valence electrons. The number of nitrogens with one attached hydrogen (secondary N) is 1. The van der Waals surface area contributed by atoms with Crippen molar-refractivity contribution in [3.05, 3.63) is 54.4 Å². The lowest BCUT2D eigenvalue weighted by atomic mass is 10.2. The maximum absolute atomic E-state index is 11.9. The third kappa shape index (κ3) is 5.14. The molecule has 0 saturated heterocycles. The molecule has 1 heterocycles. The number of carbonyl (C=O) groups excluding carboxylic acids is 1. The lowest BCUT2D eigenvalue weighted by molar-refractivity contribution is -0.111. The summed E-state index contributed by atoms with van der Waals surface area (Å²) in [6.45, 7) is 4.96. The molecule has 0 spiro atoms. The molecule has 5 nitrogen and oxygen atoms in total. The Kier molecular flexibility index (Phi) is 6.17. The van der Waals surface area contributed by atoms with Gasteiger partial charge in [-0.25, -0.2) is 0 Å². The minimum Gasteiger partial charge on any atom is -0.490 e. The highest BCUT2D eigenvalue weighted by molar-refractivity contribution is 6.01. The Morgan fingerprint density at radius 1 is 1.17 bits per heavy atom. The summed E-state index contributed by atoms with van der Waals surface area (Å²) in [7, 11) is 0. The second-order valence-electron chi connectivity index (χ2n) is 4.64. The third-order valence-corrected chi connectivity index (χ3v) is 2.92. The maximum atomic E-state index is 11.9. The summed E-state index contributed by atoms with van der Waals surface area (Å²) in [6, 6.07) is 9.11. The Bertz CT molecular complexity index is 669. The van der Waals surface area contributed by atoms with Gasteiger partial charge in [-0.2, -0.15) is 0 Å². The molecule has 1 aromatic carbocycles. The topological polar surface area (TPSA) is 60.5 Å². The number of amides is 1. The number of aromatic nitrogens is 1. The van der Waals surface area contributed by atoms with Gasteiger partial charge in [0, 0.05) is 12.3 Å². The van der Waals surface area contributed by atoms with Crippen LogP contribution in [-0.4, -0.2) is 24.1 Å². The second-order valence-corrected chi connectivity index (χ2v) is 4.64. The van der Waals surface area contributed by atoms with Gasteiger partial charge in [0.15, 0.2) is 11.5 Å². The van der Waals surface area contributed by atoms with Crippen LogP contribution < -0.4 is 14.8 Å². The minimum absolute atomic E-state index is 0.218. The van der Waals surface area contributed by atoms with E-state index in [-0.39, 0.29) is 5.91 Å². The van der Waals surface area contributed by atoms with Crippen LogP contribution in [0.15, 0.2) is 48.8 Å². The first kappa shape index (κ1) is 16.5. The molecule has 0 radical (unpaired) electrons. The van der Waals surface area contributed by atoms with E-state index >= 15 is 0 Å². The van der Waals surface area contributed by atoms with Crippen molar-refractivity contribution in [3.63, 3.8) is 0 Å². The first-order valence-corrected chi connectivity index (χ1v) is 7.51. The first-order chi connectivity index (χ1) is 11.2. The molecule has 1 amide bonds.